The number of nitrogens with one attached hydrogen (secondary N) is 2. The molecule has 1 aromatic rings. The second-order valence-electron chi connectivity index (χ2n) is 8.38. The van der Waals surface area contributed by atoms with Gasteiger partial charge < -0.3 is 10.6 Å². The molecule has 0 radical (unpaired) electrons. The van der Waals surface area contributed by atoms with Gasteiger partial charge in [0, 0.05) is 25.0 Å². The molecule has 0 atom stereocenters. The highest BCUT2D eigenvalue weighted by Gasteiger charge is 2.32. The maximum absolute atomic E-state index is 13.0. The number of benzene rings is 1. The molecule has 2 amide bonds. The van der Waals surface area contributed by atoms with Gasteiger partial charge in [-0.1, -0.05) is 6.07 Å². The maximum atomic E-state index is 13.0. The van der Waals surface area contributed by atoms with Crippen LogP contribution in [-0.2, 0) is 32.5 Å². The van der Waals surface area contributed by atoms with Crippen molar-refractivity contribution < 1.29 is 18.0 Å². The Labute approximate surface area is 172 Å². The quantitative estimate of drug-likeness (QED) is 0.728. The molecular formula is C21H29N3O4S. The van der Waals surface area contributed by atoms with Gasteiger partial charge in [-0.3, -0.25) is 9.59 Å². The Hall–Kier alpha value is -1.93. The average Bonchev–Trinajstić information content (AvgIpc) is 3.55. The van der Waals surface area contributed by atoms with E-state index in [4.69, 9.17) is 0 Å². The van der Waals surface area contributed by atoms with Crippen molar-refractivity contribution in [2.45, 2.75) is 62.3 Å². The molecule has 4 rings (SSSR count). The molecule has 0 spiro atoms. The molecule has 158 valence electrons. The molecule has 7 nitrogen and oxygen atoms in total. The zero-order chi connectivity index (χ0) is 20.4. The number of carbonyl (C=O) groups is 2. The van der Waals surface area contributed by atoms with Gasteiger partial charge in [-0.05, 0) is 74.6 Å². The molecule has 1 saturated heterocycles. The third-order valence-corrected chi connectivity index (χ3v) is 8.04. The van der Waals surface area contributed by atoms with Crippen LogP contribution in [0.15, 0.2) is 23.1 Å². The summed E-state index contributed by atoms with van der Waals surface area (Å²) in [6.07, 6.45) is 7.20. The smallest absolute Gasteiger partial charge is 0.243 e. The summed E-state index contributed by atoms with van der Waals surface area (Å²) in [5.41, 5.74) is 2.41. The predicted octanol–water partition coefficient (Wildman–Crippen LogP) is 1.36. The molecule has 3 aliphatic rings. The summed E-state index contributed by atoms with van der Waals surface area (Å²) in [5.74, 6) is -0.575. The SMILES string of the molecule is O=C(CNC(=O)C1CCN(S(=O)(=O)c2ccc3c(c2)CCCC3)CC1)NC1CC1. The number of rotatable bonds is 6. The molecule has 2 N–H and O–H groups in total. The molecule has 8 heteroatoms. The van der Waals surface area contributed by atoms with E-state index in [0.29, 0.717) is 30.8 Å². The van der Waals surface area contributed by atoms with Crippen LogP contribution in [0.1, 0.15) is 49.7 Å². The fourth-order valence-corrected chi connectivity index (χ4v) is 5.72. The van der Waals surface area contributed by atoms with Gasteiger partial charge in [-0.25, -0.2) is 8.42 Å². The molecule has 0 unspecified atom stereocenters. The molecular weight excluding hydrogens is 390 g/mol. The molecule has 0 aromatic heterocycles. The third kappa shape index (κ3) is 4.80. The normalized spacial score (nSPS) is 20.7. The van der Waals surface area contributed by atoms with Crippen LogP contribution in [0.5, 0.6) is 0 Å². The zero-order valence-electron chi connectivity index (χ0n) is 16.7. The predicted molar refractivity (Wildman–Crippen MR) is 109 cm³/mol. The zero-order valence-corrected chi connectivity index (χ0v) is 17.5. The standard InChI is InChI=1S/C21H29N3O4S/c25-20(23-18-6-7-18)14-22-21(26)16-9-11-24(12-10-16)29(27,28)19-8-5-15-3-1-2-4-17(15)13-19/h5,8,13,16,18H,1-4,6-7,9-12,14H2,(H,22,26)(H,23,25). The van der Waals surface area contributed by atoms with Crippen LogP contribution >= 0.6 is 0 Å². The maximum Gasteiger partial charge on any atom is 0.243 e. The summed E-state index contributed by atoms with van der Waals surface area (Å²) in [4.78, 5) is 24.4. The van der Waals surface area contributed by atoms with E-state index in [1.807, 2.05) is 12.1 Å². The van der Waals surface area contributed by atoms with E-state index < -0.39 is 10.0 Å². The lowest BCUT2D eigenvalue weighted by Gasteiger charge is -2.31. The summed E-state index contributed by atoms with van der Waals surface area (Å²) in [6.45, 7) is 0.639. The first-order valence-corrected chi connectivity index (χ1v) is 12.1. The lowest BCUT2D eigenvalue weighted by atomic mass is 9.92. The Morgan fingerprint density at radius 1 is 1.00 bits per heavy atom. The molecule has 29 heavy (non-hydrogen) atoms. The van der Waals surface area contributed by atoms with Gasteiger partial charge in [0.25, 0.3) is 0 Å². The fraction of sp³-hybridized carbons (Fsp3) is 0.619. The Morgan fingerprint density at radius 3 is 2.38 bits per heavy atom. The Morgan fingerprint density at radius 2 is 1.69 bits per heavy atom. The van der Waals surface area contributed by atoms with Crippen LogP contribution < -0.4 is 10.6 Å². The second kappa shape index (κ2) is 8.44. The molecule has 0 bridgehead atoms. The molecule has 1 aliphatic heterocycles. The number of hydrogen-bond acceptors (Lipinski definition) is 4. The van der Waals surface area contributed by atoms with Crippen molar-refractivity contribution in [3.8, 4) is 0 Å². The van der Waals surface area contributed by atoms with Gasteiger partial charge in [0.2, 0.25) is 21.8 Å². The van der Waals surface area contributed by atoms with Crippen molar-refractivity contribution in [3.05, 3.63) is 29.3 Å². The second-order valence-corrected chi connectivity index (χ2v) is 10.3. The largest absolute Gasteiger partial charge is 0.352 e. The highest BCUT2D eigenvalue weighted by atomic mass is 32.2. The monoisotopic (exact) mass is 419 g/mol. The first kappa shape index (κ1) is 20.3. The fourth-order valence-electron chi connectivity index (χ4n) is 4.20. The van der Waals surface area contributed by atoms with Crippen molar-refractivity contribution in [3.63, 3.8) is 0 Å². The topological polar surface area (TPSA) is 95.6 Å². The number of piperidine rings is 1. The van der Waals surface area contributed by atoms with Crippen molar-refractivity contribution in [2.75, 3.05) is 19.6 Å². The molecule has 1 aromatic carbocycles. The first-order valence-electron chi connectivity index (χ1n) is 10.6. The van der Waals surface area contributed by atoms with E-state index in [2.05, 4.69) is 10.6 Å². The lowest BCUT2D eigenvalue weighted by molar-refractivity contribution is -0.129. The number of amides is 2. The minimum atomic E-state index is -3.54. The van der Waals surface area contributed by atoms with Crippen LogP contribution in [-0.4, -0.2) is 50.2 Å². The number of sulfonamides is 1. The van der Waals surface area contributed by atoms with Gasteiger partial charge in [-0.15, -0.1) is 0 Å². The van der Waals surface area contributed by atoms with Crippen LogP contribution in [0.3, 0.4) is 0 Å². The molecule has 2 aliphatic carbocycles. The minimum absolute atomic E-state index is 0.0109. The van der Waals surface area contributed by atoms with Crippen LogP contribution in [0, 0.1) is 5.92 Å². The lowest BCUT2D eigenvalue weighted by Crippen LogP contribution is -2.45. The van der Waals surface area contributed by atoms with E-state index in [1.165, 1.54) is 9.87 Å². The van der Waals surface area contributed by atoms with Crippen LogP contribution in [0.25, 0.3) is 0 Å². The van der Waals surface area contributed by atoms with E-state index in [-0.39, 0.29) is 30.3 Å². The average molecular weight is 420 g/mol. The number of aryl methyl sites for hydroxylation is 2. The van der Waals surface area contributed by atoms with Crippen molar-refractivity contribution in [1.82, 2.24) is 14.9 Å². The minimum Gasteiger partial charge on any atom is -0.352 e. The highest BCUT2D eigenvalue weighted by Crippen LogP contribution is 2.28. The Balaban J connectivity index is 1.31. The van der Waals surface area contributed by atoms with Gasteiger partial charge in [0.15, 0.2) is 0 Å². The molecule has 1 saturated carbocycles. The number of fused-ring (bicyclic) bond motifs is 1. The van der Waals surface area contributed by atoms with Gasteiger partial charge in [0.1, 0.15) is 0 Å². The van der Waals surface area contributed by atoms with Gasteiger partial charge in [-0.2, -0.15) is 4.31 Å². The summed E-state index contributed by atoms with van der Waals surface area (Å²) >= 11 is 0. The summed E-state index contributed by atoms with van der Waals surface area (Å²) < 4.78 is 27.6. The highest BCUT2D eigenvalue weighted by molar-refractivity contribution is 7.89. The Kier molecular flexibility index (Phi) is 5.92. The van der Waals surface area contributed by atoms with Crippen molar-refractivity contribution in [1.29, 1.82) is 0 Å². The summed E-state index contributed by atoms with van der Waals surface area (Å²) in [7, 11) is -3.54. The third-order valence-electron chi connectivity index (χ3n) is 6.15. The van der Waals surface area contributed by atoms with E-state index in [0.717, 1.165) is 44.1 Å². The number of carbonyl (C=O) groups excluding carboxylic acids is 2. The van der Waals surface area contributed by atoms with E-state index >= 15 is 0 Å². The Bertz CT molecular complexity index is 887. The van der Waals surface area contributed by atoms with E-state index in [9.17, 15) is 18.0 Å². The van der Waals surface area contributed by atoms with Crippen molar-refractivity contribution in [2.24, 2.45) is 5.92 Å². The summed E-state index contributed by atoms with van der Waals surface area (Å²) in [6, 6.07) is 5.78. The van der Waals surface area contributed by atoms with Crippen LogP contribution in [0.2, 0.25) is 0 Å². The molecule has 1 heterocycles. The summed E-state index contributed by atoms with van der Waals surface area (Å²) in [5, 5.41) is 5.52. The van der Waals surface area contributed by atoms with Crippen LogP contribution in [0.4, 0.5) is 0 Å². The van der Waals surface area contributed by atoms with Gasteiger partial charge >= 0.3 is 0 Å². The van der Waals surface area contributed by atoms with Crippen molar-refractivity contribution >= 4 is 21.8 Å². The number of hydrogen-bond donors (Lipinski definition) is 2. The number of nitrogens with zero attached hydrogens (tertiary/aromatic N) is 1. The molecule has 2 fully saturated rings. The van der Waals surface area contributed by atoms with E-state index in [1.54, 1.807) is 6.07 Å². The van der Waals surface area contributed by atoms with Gasteiger partial charge in [0.05, 0.1) is 11.4 Å². The first-order chi connectivity index (χ1) is 13.9.